The Bertz CT molecular complexity index is 691. The number of ether oxygens (including phenoxy) is 1. The molecule has 1 amide bonds. The lowest BCUT2D eigenvalue weighted by molar-refractivity contribution is -0.118. The standard InChI is InChI=1S/C18H19N3O3/c22-17-12-21(18(23)24-13-14-6-2-1-3-7-14)11-16(17)20-10-15-8-4-5-9-19-15/h1-9,16,20H,10-13H2. The van der Waals surface area contributed by atoms with Crippen LogP contribution in [0.25, 0.3) is 0 Å². The van der Waals surface area contributed by atoms with E-state index in [-0.39, 0.29) is 25.0 Å². The molecule has 1 aromatic carbocycles. The van der Waals surface area contributed by atoms with Crippen LogP contribution in [0.1, 0.15) is 11.3 Å². The van der Waals surface area contributed by atoms with Crippen LogP contribution in [0, 0.1) is 0 Å². The van der Waals surface area contributed by atoms with Crippen LogP contribution in [-0.2, 0) is 22.7 Å². The fraction of sp³-hybridized carbons (Fsp3) is 0.278. The molecule has 0 aliphatic carbocycles. The van der Waals surface area contributed by atoms with E-state index in [0.29, 0.717) is 13.1 Å². The molecular weight excluding hydrogens is 306 g/mol. The second kappa shape index (κ2) is 7.70. The number of likely N-dealkylation sites (tertiary alicyclic amines) is 1. The Kier molecular flexibility index (Phi) is 5.18. The van der Waals surface area contributed by atoms with Crippen molar-refractivity contribution in [2.75, 3.05) is 13.1 Å². The summed E-state index contributed by atoms with van der Waals surface area (Å²) in [7, 11) is 0. The van der Waals surface area contributed by atoms with E-state index in [1.165, 1.54) is 4.90 Å². The first kappa shape index (κ1) is 16.1. The summed E-state index contributed by atoms with van der Waals surface area (Å²) in [4.78, 5) is 29.8. The van der Waals surface area contributed by atoms with Gasteiger partial charge in [0.2, 0.25) is 0 Å². The predicted molar refractivity (Wildman–Crippen MR) is 88.1 cm³/mol. The smallest absolute Gasteiger partial charge is 0.410 e. The molecule has 24 heavy (non-hydrogen) atoms. The number of carbonyl (C=O) groups excluding carboxylic acids is 2. The van der Waals surface area contributed by atoms with Gasteiger partial charge in [-0.3, -0.25) is 14.7 Å². The molecule has 0 radical (unpaired) electrons. The van der Waals surface area contributed by atoms with Crippen molar-refractivity contribution in [1.82, 2.24) is 15.2 Å². The molecule has 1 aromatic heterocycles. The molecule has 0 saturated carbocycles. The monoisotopic (exact) mass is 325 g/mol. The van der Waals surface area contributed by atoms with Crippen molar-refractivity contribution < 1.29 is 14.3 Å². The first-order chi connectivity index (χ1) is 11.7. The van der Waals surface area contributed by atoms with Crippen molar-refractivity contribution in [3.63, 3.8) is 0 Å². The van der Waals surface area contributed by atoms with Crippen molar-refractivity contribution in [3.8, 4) is 0 Å². The predicted octanol–water partition coefficient (Wildman–Crippen LogP) is 1.76. The summed E-state index contributed by atoms with van der Waals surface area (Å²) in [5.74, 6) is -0.0115. The van der Waals surface area contributed by atoms with Gasteiger partial charge in [-0.25, -0.2) is 4.79 Å². The first-order valence-corrected chi connectivity index (χ1v) is 7.84. The van der Waals surface area contributed by atoms with Crippen LogP contribution in [-0.4, -0.2) is 40.9 Å². The lowest BCUT2D eigenvalue weighted by Gasteiger charge is -2.16. The number of rotatable bonds is 5. The van der Waals surface area contributed by atoms with Gasteiger partial charge in [-0.05, 0) is 17.7 Å². The van der Waals surface area contributed by atoms with Crippen molar-refractivity contribution in [2.45, 2.75) is 19.2 Å². The average molecular weight is 325 g/mol. The molecule has 0 spiro atoms. The molecule has 3 rings (SSSR count). The number of ketones is 1. The van der Waals surface area contributed by atoms with E-state index in [2.05, 4.69) is 10.3 Å². The van der Waals surface area contributed by atoms with Gasteiger partial charge in [-0.2, -0.15) is 0 Å². The van der Waals surface area contributed by atoms with Gasteiger partial charge in [0, 0.05) is 19.3 Å². The number of amides is 1. The number of Topliss-reactive ketones (excluding diaryl/α,β-unsaturated/α-hetero) is 1. The average Bonchev–Trinajstić information content (AvgIpc) is 3.00. The highest BCUT2D eigenvalue weighted by molar-refractivity contribution is 5.91. The van der Waals surface area contributed by atoms with Crippen LogP contribution in [0.3, 0.4) is 0 Å². The Labute approximate surface area is 140 Å². The number of nitrogens with one attached hydrogen (secondary N) is 1. The van der Waals surface area contributed by atoms with E-state index in [0.717, 1.165) is 11.3 Å². The summed E-state index contributed by atoms with van der Waals surface area (Å²) in [6, 6.07) is 14.7. The number of hydrogen-bond donors (Lipinski definition) is 1. The lowest BCUT2D eigenvalue weighted by Crippen LogP contribution is -2.37. The van der Waals surface area contributed by atoms with Gasteiger partial charge in [-0.15, -0.1) is 0 Å². The minimum atomic E-state index is -0.464. The van der Waals surface area contributed by atoms with Crippen molar-refractivity contribution in [3.05, 3.63) is 66.0 Å². The maximum absolute atomic E-state index is 12.1. The highest BCUT2D eigenvalue weighted by Crippen LogP contribution is 2.10. The van der Waals surface area contributed by atoms with Gasteiger partial charge in [0.05, 0.1) is 18.3 Å². The molecule has 6 nitrogen and oxygen atoms in total. The molecule has 1 unspecified atom stereocenters. The van der Waals surface area contributed by atoms with Gasteiger partial charge in [0.25, 0.3) is 0 Å². The zero-order valence-corrected chi connectivity index (χ0v) is 13.2. The van der Waals surface area contributed by atoms with Crippen LogP contribution in [0.5, 0.6) is 0 Å². The Morgan fingerprint density at radius 3 is 2.75 bits per heavy atom. The van der Waals surface area contributed by atoms with E-state index in [1.807, 2.05) is 48.5 Å². The van der Waals surface area contributed by atoms with Crippen LogP contribution < -0.4 is 5.32 Å². The maximum atomic E-state index is 12.1. The molecule has 1 fully saturated rings. The number of hydrogen-bond acceptors (Lipinski definition) is 5. The highest BCUT2D eigenvalue weighted by Gasteiger charge is 2.34. The molecule has 2 heterocycles. The fourth-order valence-corrected chi connectivity index (χ4v) is 2.54. The Morgan fingerprint density at radius 1 is 1.21 bits per heavy atom. The second-order valence-corrected chi connectivity index (χ2v) is 5.64. The van der Waals surface area contributed by atoms with Crippen molar-refractivity contribution in [2.24, 2.45) is 0 Å². The normalized spacial score (nSPS) is 17.1. The minimum Gasteiger partial charge on any atom is -0.445 e. The molecular formula is C18H19N3O3. The summed E-state index contributed by atoms with van der Waals surface area (Å²) >= 11 is 0. The van der Waals surface area contributed by atoms with Crippen LogP contribution in [0.4, 0.5) is 4.79 Å². The summed E-state index contributed by atoms with van der Waals surface area (Å²) in [6.07, 6.45) is 1.25. The van der Waals surface area contributed by atoms with E-state index in [1.54, 1.807) is 6.20 Å². The minimum absolute atomic E-state index is 0.0115. The molecule has 124 valence electrons. The van der Waals surface area contributed by atoms with E-state index < -0.39 is 6.09 Å². The summed E-state index contributed by atoms with van der Waals surface area (Å²) in [5.41, 5.74) is 1.77. The Balaban J connectivity index is 1.48. The third-order valence-electron chi connectivity index (χ3n) is 3.86. The third kappa shape index (κ3) is 4.17. The van der Waals surface area contributed by atoms with E-state index >= 15 is 0 Å². The number of nitrogens with zero attached hydrogens (tertiary/aromatic N) is 2. The van der Waals surface area contributed by atoms with Crippen molar-refractivity contribution in [1.29, 1.82) is 0 Å². The number of aromatic nitrogens is 1. The lowest BCUT2D eigenvalue weighted by atomic mass is 10.2. The van der Waals surface area contributed by atoms with Crippen LogP contribution >= 0.6 is 0 Å². The first-order valence-electron chi connectivity index (χ1n) is 7.84. The van der Waals surface area contributed by atoms with Gasteiger partial charge >= 0.3 is 6.09 Å². The van der Waals surface area contributed by atoms with Gasteiger partial charge < -0.3 is 10.1 Å². The molecule has 1 atom stereocenters. The molecule has 1 aliphatic rings. The highest BCUT2D eigenvalue weighted by atomic mass is 16.6. The number of carbonyl (C=O) groups is 2. The van der Waals surface area contributed by atoms with Crippen LogP contribution in [0.2, 0.25) is 0 Å². The maximum Gasteiger partial charge on any atom is 0.410 e. The number of pyridine rings is 1. The third-order valence-corrected chi connectivity index (χ3v) is 3.86. The Morgan fingerprint density at radius 2 is 2.00 bits per heavy atom. The zero-order valence-electron chi connectivity index (χ0n) is 13.2. The second-order valence-electron chi connectivity index (χ2n) is 5.64. The largest absolute Gasteiger partial charge is 0.445 e. The quantitative estimate of drug-likeness (QED) is 0.907. The SMILES string of the molecule is O=C1CN(C(=O)OCc2ccccc2)CC1NCc1ccccn1. The van der Waals surface area contributed by atoms with Crippen molar-refractivity contribution >= 4 is 11.9 Å². The van der Waals surface area contributed by atoms with Gasteiger partial charge in [-0.1, -0.05) is 36.4 Å². The summed E-state index contributed by atoms with van der Waals surface area (Å²) < 4.78 is 5.27. The zero-order chi connectivity index (χ0) is 16.8. The molecule has 1 saturated heterocycles. The van der Waals surface area contributed by atoms with E-state index in [4.69, 9.17) is 4.74 Å². The molecule has 6 heteroatoms. The molecule has 1 aliphatic heterocycles. The summed E-state index contributed by atoms with van der Waals surface area (Å²) in [6.45, 7) is 1.09. The van der Waals surface area contributed by atoms with E-state index in [9.17, 15) is 9.59 Å². The Hall–Kier alpha value is -2.73. The van der Waals surface area contributed by atoms with Gasteiger partial charge in [0.1, 0.15) is 6.61 Å². The van der Waals surface area contributed by atoms with Gasteiger partial charge in [0.15, 0.2) is 5.78 Å². The molecule has 0 bridgehead atoms. The molecule has 1 N–H and O–H groups in total. The number of benzene rings is 1. The van der Waals surface area contributed by atoms with Crippen LogP contribution in [0.15, 0.2) is 54.7 Å². The summed E-state index contributed by atoms with van der Waals surface area (Å²) in [5, 5.41) is 3.14. The fourth-order valence-electron chi connectivity index (χ4n) is 2.54. The topological polar surface area (TPSA) is 71.5 Å². The molecule has 2 aromatic rings.